The highest BCUT2D eigenvalue weighted by Crippen LogP contribution is 2.28. The van der Waals surface area contributed by atoms with E-state index in [1.165, 1.54) is 6.07 Å². The molecule has 1 heterocycles. The fourth-order valence-corrected chi connectivity index (χ4v) is 4.88. The van der Waals surface area contributed by atoms with Gasteiger partial charge in [-0.05, 0) is 72.8 Å². The van der Waals surface area contributed by atoms with E-state index in [9.17, 15) is 13.7 Å². The molecule has 0 atom stereocenters. The number of sulfonamides is 1. The van der Waals surface area contributed by atoms with Gasteiger partial charge < -0.3 is 10.6 Å². The zero-order valence-corrected chi connectivity index (χ0v) is 19.8. The first-order chi connectivity index (χ1) is 17.5. The number of benzene rings is 4. The second-order valence-corrected chi connectivity index (χ2v) is 9.71. The van der Waals surface area contributed by atoms with Crippen molar-refractivity contribution in [2.24, 2.45) is 0 Å². The number of fused-ring (bicyclic) bond motifs is 1. The lowest BCUT2D eigenvalue weighted by Crippen LogP contribution is -2.13. The van der Waals surface area contributed by atoms with Crippen molar-refractivity contribution in [1.29, 1.82) is 5.26 Å². The van der Waals surface area contributed by atoms with Crippen molar-refractivity contribution in [3.63, 3.8) is 0 Å². The molecule has 0 bridgehead atoms. The standard InChI is InChI=1S/C28H21N5O2S/c29-19-20-12-13-27-26(16-20)28(14-15-30-27)32-23-9-5-11-25(18-23)36(34,35)33-24-10-4-8-22(17-24)31-21-6-2-1-3-7-21/h1-18,31,33H,(H,30,32). The molecule has 8 heteroatoms. The number of nitriles is 1. The minimum absolute atomic E-state index is 0.116. The molecule has 5 aromatic rings. The summed E-state index contributed by atoms with van der Waals surface area (Å²) in [5, 5.41) is 16.5. The lowest BCUT2D eigenvalue weighted by molar-refractivity contribution is 0.601. The normalized spacial score (nSPS) is 11.0. The Kier molecular flexibility index (Phi) is 6.22. The summed E-state index contributed by atoms with van der Waals surface area (Å²) < 4.78 is 29.0. The molecule has 0 aliphatic carbocycles. The maximum absolute atomic E-state index is 13.2. The van der Waals surface area contributed by atoms with Gasteiger partial charge in [-0.1, -0.05) is 30.3 Å². The van der Waals surface area contributed by atoms with Crippen LogP contribution in [0.4, 0.5) is 28.4 Å². The van der Waals surface area contributed by atoms with Crippen molar-refractivity contribution < 1.29 is 8.42 Å². The van der Waals surface area contributed by atoms with Crippen molar-refractivity contribution in [1.82, 2.24) is 4.98 Å². The molecular formula is C28H21N5O2S. The molecule has 0 unspecified atom stereocenters. The topological polar surface area (TPSA) is 107 Å². The number of anilines is 5. The predicted molar refractivity (Wildman–Crippen MR) is 143 cm³/mol. The number of hydrogen-bond donors (Lipinski definition) is 3. The Hall–Kier alpha value is -4.87. The third-order valence-electron chi connectivity index (χ3n) is 5.47. The molecule has 0 fully saturated rings. The van der Waals surface area contributed by atoms with E-state index in [4.69, 9.17) is 0 Å². The average molecular weight is 492 g/mol. The first-order valence-corrected chi connectivity index (χ1v) is 12.6. The van der Waals surface area contributed by atoms with Crippen LogP contribution < -0.4 is 15.4 Å². The number of rotatable bonds is 7. The maximum atomic E-state index is 13.2. The molecule has 0 spiro atoms. The molecule has 7 nitrogen and oxygen atoms in total. The Morgan fingerprint density at radius 2 is 1.42 bits per heavy atom. The summed E-state index contributed by atoms with van der Waals surface area (Å²) in [5.74, 6) is 0. The van der Waals surface area contributed by atoms with Gasteiger partial charge in [0.2, 0.25) is 0 Å². The molecule has 3 N–H and O–H groups in total. The molecule has 36 heavy (non-hydrogen) atoms. The second kappa shape index (κ2) is 9.78. The molecule has 176 valence electrons. The number of pyridine rings is 1. The summed E-state index contributed by atoms with van der Waals surface area (Å²) >= 11 is 0. The van der Waals surface area contributed by atoms with Crippen molar-refractivity contribution in [2.45, 2.75) is 4.90 Å². The van der Waals surface area contributed by atoms with Crippen LogP contribution in [0.1, 0.15) is 5.56 Å². The van der Waals surface area contributed by atoms with Crippen LogP contribution in [0.2, 0.25) is 0 Å². The van der Waals surface area contributed by atoms with E-state index in [0.717, 1.165) is 28.0 Å². The fourth-order valence-electron chi connectivity index (χ4n) is 3.78. The predicted octanol–water partition coefficient (Wildman–Crippen LogP) is 6.39. The molecule has 1 aromatic heterocycles. The SMILES string of the molecule is N#Cc1ccc2nccc(Nc3cccc(S(=O)(=O)Nc4cccc(Nc5ccccc5)c4)c3)c2c1. The first-order valence-electron chi connectivity index (χ1n) is 11.1. The largest absolute Gasteiger partial charge is 0.355 e. The van der Waals surface area contributed by atoms with Gasteiger partial charge in [0.05, 0.1) is 27.7 Å². The summed E-state index contributed by atoms with van der Waals surface area (Å²) in [7, 11) is -3.84. The molecule has 0 aliphatic heterocycles. The van der Waals surface area contributed by atoms with Crippen LogP contribution in [0.3, 0.4) is 0 Å². The zero-order chi connectivity index (χ0) is 25.0. The number of para-hydroxylation sites is 1. The van der Waals surface area contributed by atoms with Crippen LogP contribution in [-0.2, 0) is 10.0 Å². The first kappa shape index (κ1) is 22.9. The van der Waals surface area contributed by atoms with E-state index in [1.807, 2.05) is 36.4 Å². The highest BCUT2D eigenvalue weighted by atomic mass is 32.2. The van der Waals surface area contributed by atoms with Crippen molar-refractivity contribution in [3.8, 4) is 6.07 Å². The van der Waals surface area contributed by atoms with E-state index in [0.29, 0.717) is 16.9 Å². The summed E-state index contributed by atoms with van der Waals surface area (Å²) in [6.45, 7) is 0. The van der Waals surface area contributed by atoms with Gasteiger partial charge in [0.15, 0.2) is 0 Å². The molecule has 0 saturated heterocycles. The molecule has 0 amide bonds. The van der Waals surface area contributed by atoms with E-state index < -0.39 is 10.0 Å². The van der Waals surface area contributed by atoms with Gasteiger partial charge in [0, 0.05) is 34.3 Å². The fraction of sp³-hybridized carbons (Fsp3) is 0. The number of aromatic nitrogens is 1. The van der Waals surface area contributed by atoms with Gasteiger partial charge in [-0.2, -0.15) is 5.26 Å². The van der Waals surface area contributed by atoms with Crippen molar-refractivity contribution in [3.05, 3.63) is 115 Å². The Balaban J connectivity index is 1.38. The van der Waals surface area contributed by atoms with Crippen molar-refractivity contribution >= 4 is 49.4 Å². The maximum Gasteiger partial charge on any atom is 0.261 e. The van der Waals surface area contributed by atoms with E-state index in [2.05, 4.69) is 26.4 Å². The van der Waals surface area contributed by atoms with Crippen molar-refractivity contribution in [2.75, 3.05) is 15.4 Å². The summed E-state index contributed by atoms with van der Waals surface area (Å²) in [5.41, 5.74) is 4.67. The molecule has 5 rings (SSSR count). The third-order valence-corrected chi connectivity index (χ3v) is 6.85. The van der Waals surface area contributed by atoms with E-state index in [-0.39, 0.29) is 4.90 Å². The zero-order valence-electron chi connectivity index (χ0n) is 19.0. The molecule has 0 aliphatic rings. The van der Waals surface area contributed by atoms with Crippen LogP contribution in [0.25, 0.3) is 10.9 Å². The third kappa shape index (κ3) is 5.12. The van der Waals surface area contributed by atoms with E-state index >= 15 is 0 Å². The lowest BCUT2D eigenvalue weighted by atomic mass is 10.1. The monoisotopic (exact) mass is 491 g/mol. The quantitative estimate of drug-likeness (QED) is 0.243. The van der Waals surface area contributed by atoms with E-state index in [1.54, 1.807) is 66.9 Å². The highest BCUT2D eigenvalue weighted by molar-refractivity contribution is 7.92. The summed E-state index contributed by atoms with van der Waals surface area (Å²) in [4.78, 5) is 4.45. The molecule has 0 radical (unpaired) electrons. The summed E-state index contributed by atoms with van der Waals surface area (Å²) in [6.07, 6.45) is 1.66. The highest BCUT2D eigenvalue weighted by Gasteiger charge is 2.15. The van der Waals surface area contributed by atoms with Gasteiger partial charge in [0.1, 0.15) is 0 Å². The minimum Gasteiger partial charge on any atom is -0.355 e. The van der Waals surface area contributed by atoms with Crippen LogP contribution in [0.15, 0.2) is 114 Å². The number of hydrogen-bond acceptors (Lipinski definition) is 6. The minimum atomic E-state index is -3.84. The number of nitrogens with zero attached hydrogens (tertiary/aromatic N) is 2. The van der Waals surface area contributed by atoms with Gasteiger partial charge in [0.25, 0.3) is 10.0 Å². The number of nitrogens with one attached hydrogen (secondary N) is 3. The van der Waals surface area contributed by atoms with Crippen LogP contribution in [-0.4, -0.2) is 13.4 Å². The Morgan fingerprint density at radius 1 is 0.694 bits per heavy atom. The van der Waals surface area contributed by atoms with Crippen LogP contribution in [0, 0.1) is 11.3 Å². The smallest absolute Gasteiger partial charge is 0.261 e. The van der Waals surface area contributed by atoms with Crippen LogP contribution >= 0.6 is 0 Å². The summed E-state index contributed by atoms with van der Waals surface area (Å²) in [6, 6.07) is 32.5. The van der Waals surface area contributed by atoms with Crippen LogP contribution in [0.5, 0.6) is 0 Å². The Morgan fingerprint density at radius 3 is 2.22 bits per heavy atom. The van der Waals surface area contributed by atoms with Gasteiger partial charge >= 0.3 is 0 Å². The second-order valence-electron chi connectivity index (χ2n) is 8.03. The molecule has 4 aromatic carbocycles. The van der Waals surface area contributed by atoms with Gasteiger partial charge in [-0.3, -0.25) is 9.71 Å². The average Bonchev–Trinajstić information content (AvgIpc) is 2.89. The molecule has 0 saturated carbocycles. The van der Waals surface area contributed by atoms with Gasteiger partial charge in [-0.15, -0.1) is 0 Å². The molecular weight excluding hydrogens is 470 g/mol. The Bertz CT molecular complexity index is 1700. The lowest BCUT2D eigenvalue weighted by Gasteiger charge is -2.13. The Labute approximate surface area is 209 Å². The van der Waals surface area contributed by atoms with Gasteiger partial charge in [-0.25, -0.2) is 8.42 Å².